The van der Waals surface area contributed by atoms with Crippen molar-refractivity contribution in [3.05, 3.63) is 41.7 Å². The predicted octanol–water partition coefficient (Wildman–Crippen LogP) is 2.87. The van der Waals surface area contributed by atoms with Crippen molar-refractivity contribution < 1.29 is 4.79 Å². The fraction of sp³-hybridized carbons (Fsp3) is 0.579. The van der Waals surface area contributed by atoms with E-state index in [2.05, 4.69) is 32.7 Å². The van der Waals surface area contributed by atoms with E-state index in [1.54, 1.807) is 6.20 Å². The highest BCUT2D eigenvalue weighted by molar-refractivity contribution is 5.76. The first-order valence-electron chi connectivity index (χ1n) is 9.32. The fourth-order valence-electron chi connectivity index (χ4n) is 3.68. The average Bonchev–Trinajstić information content (AvgIpc) is 3.38. The minimum absolute atomic E-state index is 0.236. The number of aryl methyl sites for hydroxylation is 1. The minimum Gasteiger partial charge on any atom is -0.333 e. The number of amides is 1. The number of carbonyl (C=O) groups excluding carboxylic acids is 1. The molecule has 6 nitrogen and oxygen atoms in total. The second-order valence-electron chi connectivity index (χ2n) is 7.31. The summed E-state index contributed by atoms with van der Waals surface area (Å²) in [5.41, 5.74) is 1.24. The predicted molar refractivity (Wildman–Crippen MR) is 93.9 cm³/mol. The molecular weight excluding hydrogens is 314 g/mol. The summed E-state index contributed by atoms with van der Waals surface area (Å²) in [5.74, 6) is 2.91. The Morgan fingerprint density at radius 3 is 2.92 bits per heavy atom. The smallest absolute Gasteiger partial charge is 0.223 e. The van der Waals surface area contributed by atoms with E-state index in [0.717, 1.165) is 37.5 Å². The van der Waals surface area contributed by atoms with Gasteiger partial charge in [-0.15, -0.1) is 10.2 Å². The van der Waals surface area contributed by atoms with Gasteiger partial charge in [-0.05, 0) is 50.7 Å². The summed E-state index contributed by atoms with van der Waals surface area (Å²) < 4.78 is 2.27. The molecule has 6 heteroatoms. The molecule has 1 aliphatic carbocycles. The molecule has 25 heavy (non-hydrogen) atoms. The molecule has 1 fully saturated rings. The first-order chi connectivity index (χ1) is 12.2. The second kappa shape index (κ2) is 6.94. The Kier molecular flexibility index (Phi) is 4.51. The van der Waals surface area contributed by atoms with Gasteiger partial charge in [-0.1, -0.05) is 6.07 Å². The number of carbonyl (C=O) groups is 1. The van der Waals surface area contributed by atoms with Gasteiger partial charge in [0.25, 0.3) is 0 Å². The molecule has 0 unspecified atom stereocenters. The number of unbranched alkanes of at least 4 members (excludes halogenated alkanes) is 1. The van der Waals surface area contributed by atoms with Gasteiger partial charge in [0.15, 0.2) is 5.82 Å². The number of hydrogen-bond acceptors (Lipinski definition) is 4. The average molecular weight is 339 g/mol. The molecular formula is C19H25N5O. The zero-order valence-electron chi connectivity index (χ0n) is 14.8. The first kappa shape index (κ1) is 16.2. The van der Waals surface area contributed by atoms with E-state index in [4.69, 9.17) is 0 Å². The Morgan fingerprint density at radius 2 is 2.16 bits per heavy atom. The molecule has 132 valence electrons. The Hall–Kier alpha value is -2.24. The van der Waals surface area contributed by atoms with Crippen LogP contribution in [0.3, 0.4) is 0 Å². The first-order valence-corrected chi connectivity index (χ1v) is 9.32. The number of hydrogen-bond donors (Lipinski definition) is 0. The van der Waals surface area contributed by atoms with Crippen LogP contribution in [0.2, 0.25) is 0 Å². The lowest BCUT2D eigenvalue weighted by molar-refractivity contribution is -0.133. The number of nitrogens with zero attached hydrogens (tertiary/aromatic N) is 5. The zero-order chi connectivity index (χ0) is 17.2. The lowest BCUT2D eigenvalue weighted by Gasteiger charge is -2.32. The zero-order valence-corrected chi connectivity index (χ0v) is 14.8. The summed E-state index contributed by atoms with van der Waals surface area (Å²) in [6, 6.07) is 4.32. The fourth-order valence-corrected chi connectivity index (χ4v) is 3.68. The third-order valence-electron chi connectivity index (χ3n) is 5.17. The van der Waals surface area contributed by atoms with Gasteiger partial charge in [-0.2, -0.15) is 0 Å². The van der Waals surface area contributed by atoms with Crippen LogP contribution in [-0.4, -0.2) is 37.1 Å². The highest BCUT2D eigenvalue weighted by Gasteiger charge is 2.35. The van der Waals surface area contributed by atoms with Crippen LogP contribution in [0.4, 0.5) is 0 Å². The van der Waals surface area contributed by atoms with E-state index in [-0.39, 0.29) is 11.9 Å². The van der Waals surface area contributed by atoms with Gasteiger partial charge in [0, 0.05) is 31.3 Å². The second-order valence-corrected chi connectivity index (χ2v) is 7.31. The van der Waals surface area contributed by atoms with E-state index in [1.165, 1.54) is 18.4 Å². The molecule has 4 rings (SSSR count). The van der Waals surface area contributed by atoms with Crippen LogP contribution in [0.5, 0.6) is 0 Å². The van der Waals surface area contributed by atoms with Crippen LogP contribution in [0.15, 0.2) is 24.5 Å². The van der Waals surface area contributed by atoms with Crippen molar-refractivity contribution in [2.24, 2.45) is 0 Å². The van der Waals surface area contributed by atoms with E-state index in [0.29, 0.717) is 18.9 Å². The summed E-state index contributed by atoms with van der Waals surface area (Å²) in [6.07, 6.45) is 9.67. The van der Waals surface area contributed by atoms with Gasteiger partial charge in [0.2, 0.25) is 5.91 Å². The Morgan fingerprint density at radius 1 is 1.28 bits per heavy atom. The van der Waals surface area contributed by atoms with E-state index >= 15 is 0 Å². The summed E-state index contributed by atoms with van der Waals surface area (Å²) in [6.45, 7) is 3.54. The number of aromatic nitrogens is 4. The third kappa shape index (κ3) is 3.57. The van der Waals surface area contributed by atoms with Gasteiger partial charge >= 0.3 is 0 Å². The van der Waals surface area contributed by atoms with Crippen LogP contribution in [0.1, 0.15) is 68.2 Å². The molecule has 1 amide bonds. The Labute approximate surface area is 148 Å². The maximum atomic E-state index is 12.6. The van der Waals surface area contributed by atoms with Crippen molar-refractivity contribution >= 4 is 5.91 Å². The highest BCUT2D eigenvalue weighted by Crippen LogP contribution is 2.41. The molecule has 2 aromatic rings. The van der Waals surface area contributed by atoms with Gasteiger partial charge < -0.3 is 9.47 Å². The van der Waals surface area contributed by atoms with Gasteiger partial charge in [0.05, 0.1) is 12.6 Å². The Balaban J connectivity index is 1.29. The van der Waals surface area contributed by atoms with Crippen molar-refractivity contribution in [3.63, 3.8) is 0 Å². The maximum absolute atomic E-state index is 12.6. The van der Waals surface area contributed by atoms with Crippen LogP contribution < -0.4 is 0 Å². The summed E-state index contributed by atoms with van der Waals surface area (Å²) in [7, 11) is 0. The van der Waals surface area contributed by atoms with Gasteiger partial charge in [-0.25, -0.2) is 0 Å². The van der Waals surface area contributed by atoms with Crippen molar-refractivity contribution in [2.75, 3.05) is 6.54 Å². The molecule has 3 heterocycles. The Bertz CT molecular complexity index is 738. The largest absolute Gasteiger partial charge is 0.333 e. The minimum atomic E-state index is 0.236. The standard InChI is InChI=1S/C19H25N5O/c1-14-12-23(13-17-21-22-19(24(14)17)16-8-9-16)18(25)7-3-2-5-15-6-4-10-20-11-15/h4,6,10-11,14,16H,2-3,5,7-9,12-13H2,1H3/t14-/m0/s1. The third-order valence-corrected chi connectivity index (χ3v) is 5.17. The van der Waals surface area contributed by atoms with E-state index in [9.17, 15) is 4.79 Å². The van der Waals surface area contributed by atoms with Crippen molar-refractivity contribution in [2.45, 2.75) is 64.0 Å². The highest BCUT2D eigenvalue weighted by atomic mass is 16.2. The molecule has 0 saturated heterocycles. The number of pyridine rings is 1. The topological polar surface area (TPSA) is 63.9 Å². The molecule has 0 spiro atoms. The molecule has 1 atom stereocenters. The van der Waals surface area contributed by atoms with Crippen molar-refractivity contribution in [1.82, 2.24) is 24.6 Å². The molecule has 2 aliphatic rings. The lowest BCUT2D eigenvalue weighted by atomic mass is 10.1. The monoisotopic (exact) mass is 339 g/mol. The number of rotatable bonds is 6. The molecule has 1 saturated carbocycles. The molecule has 0 bridgehead atoms. The maximum Gasteiger partial charge on any atom is 0.223 e. The SMILES string of the molecule is C[C@H]1CN(C(=O)CCCCc2cccnc2)Cc2nnc(C3CC3)n21. The molecule has 0 radical (unpaired) electrons. The van der Waals surface area contributed by atoms with Crippen molar-refractivity contribution in [3.8, 4) is 0 Å². The lowest BCUT2D eigenvalue weighted by Crippen LogP contribution is -2.40. The molecule has 0 N–H and O–H groups in total. The number of fused-ring (bicyclic) bond motifs is 1. The summed E-state index contributed by atoms with van der Waals surface area (Å²) in [4.78, 5) is 18.7. The van der Waals surface area contributed by atoms with Crippen LogP contribution in [0, 0.1) is 0 Å². The summed E-state index contributed by atoms with van der Waals surface area (Å²) >= 11 is 0. The van der Waals surface area contributed by atoms with E-state index in [1.807, 2.05) is 17.2 Å². The van der Waals surface area contributed by atoms with Crippen LogP contribution >= 0.6 is 0 Å². The van der Waals surface area contributed by atoms with Gasteiger partial charge in [-0.3, -0.25) is 9.78 Å². The van der Waals surface area contributed by atoms with Crippen molar-refractivity contribution in [1.29, 1.82) is 0 Å². The van der Waals surface area contributed by atoms with Crippen LogP contribution in [-0.2, 0) is 17.8 Å². The molecule has 0 aromatic carbocycles. The van der Waals surface area contributed by atoms with Gasteiger partial charge in [0.1, 0.15) is 5.82 Å². The normalized spacial score (nSPS) is 19.7. The van der Waals surface area contributed by atoms with Crippen LogP contribution in [0.25, 0.3) is 0 Å². The molecule has 2 aromatic heterocycles. The molecule has 1 aliphatic heterocycles. The quantitative estimate of drug-likeness (QED) is 0.759. The summed E-state index contributed by atoms with van der Waals surface area (Å²) in [5, 5.41) is 8.73. The van der Waals surface area contributed by atoms with E-state index < -0.39 is 0 Å².